The zero-order valence-corrected chi connectivity index (χ0v) is 15.2. The first-order valence-corrected chi connectivity index (χ1v) is 9.42. The lowest BCUT2D eigenvalue weighted by Gasteiger charge is -2.33. The lowest BCUT2D eigenvalue weighted by molar-refractivity contribution is 0.216. The highest BCUT2D eigenvalue weighted by Crippen LogP contribution is 2.43. The first-order valence-electron chi connectivity index (χ1n) is 8.20. The van der Waals surface area contributed by atoms with E-state index in [-0.39, 0.29) is 11.4 Å². The SMILES string of the molecule is CC(C)(C)S(N)=O.OCc1cc2c(cn1)CC1(CCNCC1)C2. The van der Waals surface area contributed by atoms with Gasteiger partial charge in [0, 0.05) is 6.20 Å². The van der Waals surface area contributed by atoms with Crippen molar-refractivity contribution < 1.29 is 9.32 Å². The van der Waals surface area contributed by atoms with E-state index in [0.717, 1.165) is 18.8 Å². The second kappa shape index (κ2) is 7.38. The van der Waals surface area contributed by atoms with E-state index in [9.17, 15) is 4.21 Å². The van der Waals surface area contributed by atoms with Crippen LogP contribution in [-0.2, 0) is 30.4 Å². The van der Waals surface area contributed by atoms with Gasteiger partial charge in [-0.2, -0.15) is 0 Å². The molecule has 1 aliphatic carbocycles. The van der Waals surface area contributed by atoms with E-state index >= 15 is 0 Å². The Bertz CT molecular complexity index is 563. The van der Waals surface area contributed by atoms with Gasteiger partial charge in [-0.3, -0.25) is 10.1 Å². The van der Waals surface area contributed by atoms with Crippen molar-refractivity contribution in [3.63, 3.8) is 0 Å². The second-order valence-corrected chi connectivity index (χ2v) is 9.44. The molecule has 2 aliphatic rings. The number of aliphatic hydroxyl groups is 1. The Hall–Kier alpha value is -0.820. The lowest BCUT2D eigenvalue weighted by atomic mass is 9.76. The van der Waals surface area contributed by atoms with Crippen LogP contribution in [0.2, 0.25) is 0 Å². The van der Waals surface area contributed by atoms with Gasteiger partial charge in [0.2, 0.25) is 0 Å². The molecule has 1 aliphatic heterocycles. The number of aromatic nitrogens is 1. The van der Waals surface area contributed by atoms with Gasteiger partial charge in [-0.1, -0.05) is 0 Å². The van der Waals surface area contributed by atoms with E-state index in [0.29, 0.717) is 5.41 Å². The third-order valence-corrected chi connectivity index (χ3v) is 5.91. The standard InChI is InChI=1S/C13H18N2O.C4H11NOS/c16-9-12-5-10-6-13(1-3-14-4-2-13)7-11(10)8-15-12;1-4(2,3)7(5)6/h5,8,14,16H,1-4,6-7,9H2;5H2,1-3H3. The fourth-order valence-electron chi connectivity index (χ4n) is 3.17. The van der Waals surface area contributed by atoms with Crippen LogP contribution >= 0.6 is 0 Å². The summed E-state index contributed by atoms with van der Waals surface area (Å²) in [6.45, 7) is 7.86. The minimum Gasteiger partial charge on any atom is -0.390 e. The Balaban J connectivity index is 0.000000236. The molecule has 0 aromatic carbocycles. The Morgan fingerprint density at radius 1 is 1.30 bits per heavy atom. The summed E-state index contributed by atoms with van der Waals surface area (Å²) >= 11 is 0. The molecule has 1 unspecified atom stereocenters. The van der Waals surface area contributed by atoms with Crippen molar-refractivity contribution in [1.82, 2.24) is 10.3 Å². The highest BCUT2D eigenvalue weighted by atomic mass is 32.2. The maximum Gasteiger partial charge on any atom is 0.0942 e. The first-order chi connectivity index (χ1) is 10.8. The van der Waals surface area contributed by atoms with E-state index in [1.807, 2.05) is 27.0 Å². The van der Waals surface area contributed by atoms with E-state index in [2.05, 4.69) is 16.4 Å². The number of fused-ring (bicyclic) bond motifs is 1. The lowest BCUT2D eigenvalue weighted by Crippen LogP contribution is -2.37. The highest BCUT2D eigenvalue weighted by molar-refractivity contribution is 7.84. The molecule has 130 valence electrons. The largest absolute Gasteiger partial charge is 0.390 e. The van der Waals surface area contributed by atoms with Gasteiger partial charge in [-0.15, -0.1) is 0 Å². The zero-order valence-electron chi connectivity index (χ0n) is 14.4. The van der Waals surface area contributed by atoms with Crippen LogP contribution in [0.1, 0.15) is 50.4 Å². The Kier molecular flexibility index (Phi) is 5.94. The van der Waals surface area contributed by atoms with Gasteiger partial charge in [0.15, 0.2) is 0 Å². The topological polar surface area (TPSA) is 88.2 Å². The Morgan fingerprint density at radius 3 is 2.39 bits per heavy atom. The molecule has 1 aromatic heterocycles. The van der Waals surface area contributed by atoms with Gasteiger partial charge < -0.3 is 10.4 Å². The molecule has 0 radical (unpaired) electrons. The molecule has 0 bridgehead atoms. The molecule has 1 fully saturated rings. The number of nitrogens with one attached hydrogen (secondary N) is 1. The van der Waals surface area contributed by atoms with Crippen LogP contribution in [0.25, 0.3) is 0 Å². The Labute approximate surface area is 141 Å². The van der Waals surface area contributed by atoms with Crippen LogP contribution in [-0.4, -0.2) is 32.1 Å². The molecule has 5 nitrogen and oxygen atoms in total. The average Bonchev–Trinajstić information content (AvgIpc) is 2.83. The summed E-state index contributed by atoms with van der Waals surface area (Å²) in [5.41, 5.74) is 4.12. The van der Waals surface area contributed by atoms with Crippen LogP contribution in [0.4, 0.5) is 0 Å². The minimum atomic E-state index is -1.18. The van der Waals surface area contributed by atoms with E-state index in [1.165, 1.54) is 36.8 Å². The third-order valence-electron chi connectivity index (χ3n) is 4.70. The molecule has 3 rings (SSSR count). The number of nitrogens with zero attached hydrogens (tertiary/aromatic N) is 1. The van der Waals surface area contributed by atoms with Crippen molar-refractivity contribution in [2.75, 3.05) is 13.1 Å². The summed E-state index contributed by atoms with van der Waals surface area (Å²) in [7, 11) is -1.18. The maximum atomic E-state index is 10.4. The van der Waals surface area contributed by atoms with Gasteiger partial charge in [0.05, 0.1) is 28.0 Å². The van der Waals surface area contributed by atoms with Crippen LogP contribution in [0.5, 0.6) is 0 Å². The number of nitrogens with two attached hydrogens (primary N) is 1. The van der Waals surface area contributed by atoms with Gasteiger partial charge in [-0.05, 0) is 82.2 Å². The number of piperidine rings is 1. The van der Waals surface area contributed by atoms with Crippen molar-refractivity contribution in [1.29, 1.82) is 0 Å². The predicted molar refractivity (Wildman–Crippen MR) is 94.2 cm³/mol. The van der Waals surface area contributed by atoms with Crippen molar-refractivity contribution in [2.45, 2.75) is 57.8 Å². The zero-order chi connectivity index (χ0) is 17.1. The maximum absolute atomic E-state index is 10.4. The van der Waals surface area contributed by atoms with Gasteiger partial charge >= 0.3 is 0 Å². The number of rotatable bonds is 1. The molecular weight excluding hydrogens is 310 g/mol. The molecule has 2 heterocycles. The highest BCUT2D eigenvalue weighted by Gasteiger charge is 2.38. The molecule has 1 aromatic rings. The normalized spacial score (nSPS) is 20.6. The molecule has 0 saturated carbocycles. The molecule has 1 atom stereocenters. The number of hydrogen-bond acceptors (Lipinski definition) is 4. The number of pyridine rings is 1. The predicted octanol–water partition coefficient (Wildman–Crippen LogP) is 1.45. The molecule has 1 saturated heterocycles. The minimum absolute atomic E-state index is 0.0574. The molecule has 1 spiro atoms. The monoisotopic (exact) mass is 339 g/mol. The smallest absolute Gasteiger partial charge is 0.0942 e. The quantitative estimate of drug-likeness (QED) is 0.722. The summed E-state index contributed by atoms with van der Waals surface area (Å²) in [6.07, 6.45) is 6.88. The fourth-order valence-corrected chi connectivity index (χ4v) is 3.17. The Morgan fingerprint density at radius 2 is 1.87 bits per heavy atom. The molecule has 23 heavy (non-hydrogen) atoms. The van der Waals surface area contributed by atoms with Gasteiger partial charge in [0.25, 0.3) is 0 Å². The van der Waals surface area contributed by atoms with Gasteiger partial charge in [0.1, 0.15) is 0 Å². The van der Waals surface area contributed by atoms with Gasteiger partial charge in [-0.25, -0.2) is 4.21 Å². The van der Waals surface area contributed by atoms with Crippen LogP contribution < -0.4 is 10.5 Å². The van der Waals surface area contributed by atoms with Crippen LogP contribution in [0.15, 0.2) is 12.3 Å². The average molecular weight is 340 g/mol. The molecule has 4 N–H and O–H groups in total. The van der Waals surface area contributed by atoms with E-state index < -0.39 is 11.0 Å². The van der Waals surface area contributed by atoms with Crippen molar-refractivity contribution in [3.05, 3.63) is 29.1 Å². The van der Waals surface area contributed by atoms with Crippen molar-refractivity contribution in [2.24, 2.45) is 10.6 Å². The van der Waals surface area contributed by atoms with Crippen molar-refractivity contribution in [3.8, 4) is 0 Å². The second-order valence-electron chi connectivity index (χ2n) is 7.62. The van der Waals surface area contributed by atoms with Crippen molar-refractivity contribution >= 4 is 11.0 Å². The summed E-state index contributed by atoms with van der Waals surface area (Å²) in [5, 5.41) is 17.6. The molecule has 6 heteroatoms. The van der Waals surface area contributed by atoms with Crippen LogP contribution in [0, 0.1) is 5.41 Å². The van der Waals surface area contributed by atoms with Crippen LogP contribution in [0.3, 0.4) is 0 Å². The molecular formula is C17H29N3O2S. The fraction of sp³-hybridized carbons (Fsp3) is 0.706. The number of hydrogen-bond donors (Lipinski definition) is 3. The summed E-state index contributed by atoms with van der Waals surface area (Å²) in [4.78, 5) is 4.28. The third kappa shape index (κ3) is 4.83. The summed E-state index contributed by atoms with van der Waals surface area (Å²) in [6, 6.07) is 2.09. The molecule has 0 amide bonds. The number of aliphatic hydroxyl groups excluding tert-OH is 1. The van der Waals surface area contributed by atoms with E-state index in [1.54, 1.807) is 0 Å². The first kappa shape index (κ1) is 18.5. The van der Waals surface area contributed by atoms with E-state index in [4.69, 9.17) is 10.2 Å². The summed E-state index contributed by atoms with van der Waals surface area (Å²) < 4.78 is 10.1. The summed E-state index contributed by atoms with van der Waals surface area (Å²) in [5.74, 6) is 0.